The third-order valence-electron chi connectivity index (χ3n) is 5.02. The Bertz CT molecular complexity index is 1070. The van der Waals surface area contributed by atoms with Gasteiger partial charge in [0, 0.05) is 13.0 Å². The minimum Gasteiger partial charge on any atom is -0.460 e. The van der Waals surface area contributed by atoms with E-state index in [0.717, 1.165) is 11.1 Å². The number of carbonyl (C=O) groups is 4. The fourth-order valence-corrected chi connectivity index (χ4v) is 3.45. The number of hydrogen-bond donors (Lipinski definition) is 3. The van der Waals surface area contributed by atoms with Crippen LogP contribution in [0.25, 0.3) is 0 Å². The zero-order valence-electron chi connectivity index (χ0n) is 23.0. The zero-order valence-corrected chi connectivity index (χ0v) is 23.0. The number of esters is 1. The van der Waals surface area contributed by atoms with Crippen LogP contribution in [0.2, 0.25) is 0 Å². The van der Waals surface area contributed by atoms with Crippen LogP contribution in [0.5, 0.6) is 0 Å². The summed E-state index contributed by atoms with van der Waals surface area (Å²) in [6.07, 6.45) is -1.00. The largest absolute Gasteiger partial charge is 0.460 e. The molecule has 2 rings (SSSR count). The van der Waals surface area contributed by atoms with E-state index in [1.807, 2.05) is 60.7 Å². The summed E-state index contributed by atoms with van der Waals surface area (Å²) in [6, 6.07) is 16.1. The Morgan fingerprint density at radius 3 is 1.74 bits per heavy atom. The Kier molecular flexibility index (Phi) is 10.9. The molecule has 0 spiro atoms. The van der Waals surface area contributed by atoms with Gasteiger partial charge in [-0.3, -0.25) is 14.4 Å². The van der Waals surface area contributed by atoms with E-state index in [1.165, 1.54) is 0 Å². The van der Waals surface area contributed by atoms with Crippen LogP contribution >= 0.6 is 0 Å². The van der Waals surface area contributed by atoms with Crippen LogP contribution in [-0.2, 0) is 36.8 Å². The van der Waals surface area contributed by atoms with Gasteiger partial charge in [-0.1, -0.05) is 60.7 Å². The first-order chi connectivity index (χ1) is 17.7. The maximum Gasteiger partial charge on any atom is 0.408 e. The molecule has 206 valence electrons. The van der Waals surface area contributed by atoms with E-state index in [4.69, 9.17) is 9.47 Å². The quantitative estimate of drug-likeness (QED) is 0.407. The van der Waals surface area contributed by atoms with Crippen molar-refractivity contribution in [3.8, 4) is 0 Å². The number of hydrogen-bond acceptors (Lipinski definition) is 6. The van der Waals surface area contributed by atoms with Gasteiger partial charge in [-0.05, 0) is 52.7 Å². The van der Waals surface area contributed by atoms with Gasteiger partial charge < -0.3 is 25.4 Å². The van der Waals surface area contributed by atoms with Crippen molar-refractivity contribution < 1.29 is 28.7 Å². The van der Waals surface area contributed by atoms with Crippen molar-refractivity contribution in [2.24, 2.45) is 0 Å². The highest BCUT2D eigenvalue weighted by Crippen LogP contribution is 2.12. The highest BCUT2D eigenvalue weighted by atomic mass is 16.6. The second-order valence-corrected chi connectivity index (χ2v) is 10.9. The first-order valence-corrected chi connectivity index (χ1v) is 12.6. The summed E-state index contributed by atoms with van der Waals surface area (Å²) >= 11 is 0. The van der Waals surface area contributed by atoms with E-state index >= 15 is 0 Å². The Balaban J connectivity index is 2.22. The molecule has 0 saturated heterocycles. The molecule has 2 atom stereocenters. The van der Waals surface area contributed by atoms with Crippen LogP contribution in [0.3, 0.4) is 0 Å². The molecule has 0 radical (unpaired) electrons. The average Bonchev–Trinajstić information content (AvgIpc) is 2.80. The molecule has 0 aliphatic carbocycles. The fourth-order valence-electron chi connectivity index (χ4n) is 3.45. The normalized spacial score (nSPS) is 13.0. The lowest BCUT2D eigenvalue weighted by molar-refractivity contribution is -0.156. The third kappa shape index (κ3) is 11.9. The molecular formula is C29H39N3O6. The van der Waals surface area contributed by atoms with Crippen LogP contribution in [-0.4, -0.2) is 47.2 Å². The van der Waals surface area contributed by atoms with Crippen molar-refractivity contribution in [3.05, 3.63) is 71.8 Å². The first-order valence-electron chi connectivity index (χ1n) is 12.6. The highest BCUT2D eigenvalue weighted by Gasteiger charge is 2.31. The van der Waals surface area contributed by atoms with E-state index in [9.17, 15) is 19.2 Å². The SMILES string of the molecule is CC(C)(C)OC(=O)C[C@H](NC(=O)[C@H](Cc1ccccc1)NC(=O)OC(C)(C)C)C(=O)NCc1ccccc1. The molecule has 2 aromatic rings. The molecular weight excluding hydrogens is 486 g/mol. The monoisotopic (exact) mass is 525 g/mol. The Labute approximate surface area is 224 Å². The molecule has 0 aliphatic heterocycles. The summed E-state index contributed by atoms with van der Waals surface area (Å²) in [5.41, 5.74) is 0.118. The molecule has 0 fully saturated rings. The lowest BCUT2D eigenvalue weighted by atomic mass is 10.0. The number of amides is 3. The number of alkyl carbamates (subject to hydrolysis) is 1. The molecule has 3 N–H and O–H groups in total. The molecule has 0 aromatic heterocycles. The van der Waals surface area contributed by atoms with E-state index in [-0.39, 0.29) is 19.4 Å². The topological polar surface area (TPSA) is 123 Å². The van der Waals surface area contributed by atoms with Gasteiger partial charge in [-0.15, -0.1) is 0 Å². The summed E-state index contributed by atoms with van der Waals surface area (Å²) in [7, 11) is 0. The van der Waals surface area contributed by atoms with Crippen LogP contribution < -0.4 is 16.0 Å². The van der Waals surface area contributed by atoms with Crippen LogP contribution in [0.15, 0.2) is 60.7 Å². The maximum absolute atomic E-state index is 13.4. The molecule has 0 aliphatic rings. The molecule has 9 nitrogen and oxygen atoms in total. The number of benzene rings is 2. The van der Waals surface area contributed by atoms with Gasteiger partial charge in [-0.2, -0.15) is 0 Å². The van der Waals surface area contributed by atoms with Crippen molar-refractivity contribution in [1.82, 2.24) is 16.0 Å². The highest BCUT2D eigenvalue weighted by molar-refractivity contribution is 5.93. The predicted molar refractivity (Wildman–Crippen MR) is 144 cm³/mol. The number of carbonyl (C=O) groups excluding carboxylic acids is 4. The lowest BCUT2D eigenvalue weighted by Gasteiger charge is -2.26. The molecule has 3 amide bonds. The standard InChI is InChI=1S/C29H39N3O6/c1-28(2,3)37-24(33)18-23(25(34)30-19-21-15-11-8-12-16-21)31-26(35)22(17-20-13-9-7-10-14-20)32-27(36)38-29(4,5)6/h7-16,22-23H,17-19H2,1-6H3,(H,30,34)(H,31,35)(H,32,36)/t22-,23-/m0/s1. The minimum atomic E-state index is -1.22. The second kappa shape index (κ2) is 13.6. The number of rotatable bonds is 10. The van der Waals surface area contributed by atoms with E-state index in [2.05, 4.69) is 16.0 Å². The van der Waals surface area contributed by atoms with Crippen molar-refractivity contribution in [1.29, 1.82) is 0 Å². The molecule has 0 heterocycles. The molecule has 0 bridgehead atoms. The molecule has 0 unspecified atom stereocenters. The van der Waals surface area contributed by atoms with Gasteiger partial charge in [-0.25, -0.2) is 4.79 Å². The van der Waals surface area contributed by atoms with Gasteiger partial charge in [0.25, 0.3) is 0 Å². The van der Waals surface area contributed by atoms with Crippen LogP contribution in [0.4, 0.5) is 4.79 Å². The van der Waals surface area contributed by atoms with Gasteiger partial charge in [0.1, 0.15) is 23.3 Å². The minimum absolute atomic E-state index is 0.150. The molecule has 9 heteroatoms. The number of nitrogens with one attached hydrogen (secondary N) is 3. The predicted octanol–water partition coefficient (Wildman–Crippen LogP) is 3.66. The summed E-state index contributed by atoms with van der Waals surface area (Å²) in [4.78, 5) is 51.6. The Morgan fingerprint density at radius 1 is 0.684 bits per heavy atom. The first kappa shape index (κ1) is 30.3. The smallest absolute Gasteiger partial charge is 0.408 e. The van der Waals surface area contributed by atoms with Crippen molar-refractivity contribution in [2.45, 2.75) is 84.2 Å². The zero-order chi connectivity index (χ0) is 28.3. The lowest BCUT2D eigenvalue weighted by Crippen LogP contribution is -2.55. The van der Waals surface area contributed by atoms with Gasteiger partial charge in [0.15, 0.2) is 0 Å². The third-order valence-corrected chi connectivity index (χ3v) is 5.02. The molecule has 0 saturated carbocycles. The Hall–Kier alpha value is -3.88. The van der Waals surface area contributed by atoms with Crippen LogP contribution in [0, 0.1) is 0 Å². The maximum atomic E-state index is 13.4. The fraction of sp³-hybridized carbons (Fsp3) is 0.448. The summed E-state index contributed by atoms with van der Waals surface area (Å²) in [5.74, 6) is -1.83. The van der Waals surface area contributed by atoms with Crippen molar-refractivity contribution in [3.63, 3.8) is 0 Å². The summed E-state index contributed by atoms with van der Waals surface area (Å²) in [6.45, 7) is 10.5. The summed E-state index contributed by atoms with van der Waals surface area (Å²) < 4.78 is 10.7. The van der Waals surface area contributed by atoms with E-state index in [1.54, 1.807) is 41.5 Å². The van der Waals surface area contributed by atoms with Gasteiger partial charge >= 0.3 is 12.1 Å². The number of ether oxygens (including phenoxy) is 2. The van der Waals surface area contributed by atoms with E-state index < -0.39 is 47.2 Å². The second-order valence-electron chi connectivity index (χ2n) is 10.9. The van der Waals surface area contributed by atoms with Gasteiger partial charge in [0.05, 0.1) is 6.42 Å². The average molecular weight is 526 g/mol. The van der Waals surface area contributed by atoms with Crippen molar-refractivity contribution >= 4 is 23.9 Å². The Morgan fingerprint density at radius 2 is 1.21 bits per heavy atom. The molecule has 2 aromatic carbocycles. The summed E-state index contributed by atoms with van der Waals surface area (Å²) in [5, 5.41) is 7.99. The van der Waals surface area contributed by atoms with E-state index in [0.29, 0.717) is 0 Å². The van der Waals surface area contributed by atoms with Crippen molar-refractivity contribution in [2.75, 3.05) is 0 Å². The van der Waals surface area contributed by atoms with Crippen LogP contribution in [0.1, 0.15) is 59.1 Å². The molecule has 38 heavy (non-hydrogen) atoms. The van der Waals surface area contributed by atoms with Gasteiger partial charge in [0.2, 0.25) is 11.8 Å².